The lowest BCUT2D eigenvalue weighted by Crippen LogP contribution is -2.49. The number of morpholine rings is 1. The first-order chi connectivity index (χ1) is 16.9. The number of fused-ring (bicyclic) bond motifs is 3. The van der Waals surface area contributed by atoms with E-state index in [1.54, 1.807) is 4.90 Å². The number of nitrogens with zero attached hydrogens (tertiary/aromatic N) is 1. The SMILES string of the molecule is O=C(NC[C@@H](O)[C@@H]1Cc2ccccc2CN1)c1ccc(C(=O)N2C3CCC2COC3)c(C(F)F)c1. The number of alkyl halides is 2. The number of rotatable bonds is 6. The molecule has 5 rings (SSSR count). The molecule has 3 heterocycles. The van der Waals surface area contributed by atoms with E-state index < -0.39 is 29.9 Å². The molecule has 2 amide bonds. The van der Waals surface area contributed by atoms with Crippen LogP contribution in [0.2, 0.25) is 0 Å². The summed E-state index contributed by atoms with van der Waals surface area (Å²) in [5, 5.41) is 16.5. The van der Waals surface area contributed by atoms with Crippen molar-refractivity contribution in [2.75, 3.05) is 19.8 Å². The Balaban J connectivity index is 1.25. The van der Waals surface area contributed by atoms with Crippen LogP contribution in [0.1, 0.15) is 56.7 Å². The van der Waals surface area contributed by atoms with Gasteiger partial charge in [-0.15, -0.1) is 0 Å². The Bertz CT molecular complexity index is 1100. The van der Waals surface area contributed by atoms with E-state index in [-0.39, 0.29) is 35.8 Å². The van der Waals surface area contributed by atoms with Crippen LogP contribution >= 0.6 is 0 Å². The van der Waals surface area contributed by atoms with Gasteiger partial charge in [0.05, 0.1) is 31.4 Å². The summed E-state index contributed by atoms with van der Waals surface area (Å²) in [5.41, 5.74) is 1.81. The second-order valence-corrected chi connectivity index (χ2v) is 9.48. The minimum absolute atomic E-state index is 0.0240. The van der Waals surface area contributed by atoms with Gasteiger partial charge in [-0.1, -0.05) is 24.3 Å². The number of aliphatic hydroxyl groups excluding tert-OH is 1. The Morgan fingerprint density at radius 1 is 1.11 bits per heavy atom. The molecular weight excluding hydrogens is 456 g/mol. The molecule has 2 saturated heterocycles. The number of carbonyl (C=O) groups excluding carboxylic acids is 2. The van der Waals surface area contributed by atoms with Crippen molar-refractivity contribution in [1.82, 2.24) is 15.5 Å². The Labute approximate surface area is 202 Å². The highest BCUT2D eigenvalue weighted by atomic mass is 19.3. The lowest BCUT2D eigenvalue weighted by atomic mass is 9.93. The molecule has 2 bridgehead atoms. The van der Waals surface area contributed by atoms with Crippen molar-refractivity contribution in [3.63, 3.8) is 0 Å². The van der Waals surface area contributed by atoms with Gasteiger partial charge in [-0.2, -0.15) is 0 Å². The summed E-state index contributed by atoms with van der Waals surface area (Å²) in [6.45, 7) is 1.43. The highest BCUT2D eigenvalue weighted by Crippen LogP contribution is 2.33. The van der Waals surface area contributed by atoms with E-state index >= 15 is 0 Å². The molecule has 2 aromatic rings. The zero-order valence-corrected chi connectivity index (χ0v) is 19.3. The monoisotopic (exact) mass is 485 g/mol. The van der Waals surface area contributed by atoms with Crippen molar-refractivity contribution in [3.05, 3.63) is 70.3 Å². The number of halogens is 2. The summed E-state index contributed by atoms with van der Waals surface area (Å²) in [4.78, 5) is 27.5. The maximum atomic E-state index is 13.9. The van der Waals surface area contributed by atoms with E-state index in [0.717, 1.165) is 24.5 Å². The molecule has 0 aliphatic carbocycles. The Hall–Kier alpha value is -2.88. The summed E-state index contributed by atoms with van der Waals surface area (Å²) in [5.74, 6) is -1.02. The van der Waals surface area contributed by atoms with Crippen LogP contribution in [0.4, 0.5) is 8.78 Å². The third kappa shape index (κ3) is 4.80. The molecule has 35 heavy (non-hydrogen) atoms. The third-order valence-electron chi connectivity index (χ3n) is 7.30. The third-order valence-corrected chi connectivity index (χ3v) is 7.30. The summed E-state index contributed by atoms with van der Waals surface area (Å²) in [6.07, 6.45) is -1.53. The molecule has 3 N–H and O–H groups in total. The molecule has 0 aromatic heterocycles. The van der Waals surface area contributed by atoms with Gasteiger partial charge in [-0.25, -0.2) is 8.78 Å². The number of hydrogen-bond acceptors (Lipinski definition) is 5. The van der Waals surface area contributed by atoms with Crippen LogP contribution in [0.15, 0.2) is 42.5 Å². The molecule has 0 saturated carbocycles. The Kier molecular flexibility index (Phi) is 6.82. The highest BCUT2D eigenvalue weighted by Gasteiger charge is 2.41. The Morgan fingerprint density at radius 2 is 1.83 bits per heavy atom. The average molecular weight is 486 g/mol. The lowest BCUT2D eigenvalue weighted by molar-refractivity contribution is -0.00745. The minimum atomic E-state index is -2.91. The average Bonchev–Trinajstić information content (AvgIpc) is 3.13. The van der Waals surface area contributed by atoms with Gasteiger partial charge in [-0.05, 0) is 48.6 Å². The zero-order chi connectivity index (χ0) is 24.5. The van der Waals surface area contributed by atoms with Crippen LogP contribution in [0.3, 0.4) is 0 Å². The van der Waals surface area contributed by atoms with Gasteiger partial charge in [-0.3, -0.25) is 9.59 Å². The van der Waals surface area contributed by atoms with Crippen molar-refractivity contribution in [2.45, 2.75) is 56.5 Å². The first-order valence-electron chi connectivity index (χ1n) is 12.0. The molecule has 0 radical (unpaired) electrons. The largest absolute Gasteiger partial charge is 0.390 e. The maximum Gasteiger partial charge on any atom is 0.264 e. The second kappa shape index (κ2) is 10.0. The molecule has 7 nitrogen and oxygen atoms in total. The van der Waals surface area contributed by atoms with Crippen LogP contribution in [0.25, 0.3) is 0 Å². The molecule has 3 aliphatic heterocycles. The van der Waals surface area contributed by atoms with Crippen molar-refractivity contribution >= 4 is 11.8 Å². The van der Waals surface area contributed by atoms with E-state index in [2.05, 4.69) is 10.6 Å². The van der Waals surface area contributed by atoms with Gasteiger partial charge in [0, 0.05) is 35.8 Å². The molecular formula is C26H29F2N3O4. The fraction of sp³-hybridized carbons (Fsp3) is 0.462. The van der Waals surface area contributed by atoms with E-state index in [1.165, 1.54) is 17.7 Å². The predicted molar refractivity (Wildman–Crippen MR) is 124 cm³/mol. The van der Waals surface area contributed by atoms with Gasteiger partial charge in [0.15, 0.2) is 0 Å². The summed E-state index contributed by atoms with van der Waals surface area (Å²) in [7, 11) is 0. The second-order valence-electron chi connectivity index (χ2n) is 9.48. The molecule has 2 fully saturated rings. The fourth-order valence-electron chi connectivity index (χ4n) is 5.37. The predicted octanol–water partition coefficient (Wildman–Crippen LogP) is 2.43. The number of carbonyl (C=O) groups is 2. The van der Waals surface area contributed by atoms with Gasteiger partial charge >= 0.3 is 0 Å². The van der Waals surface area contributed by atoms with Gasteiger partial charge < -0.3 is 25.4 Å². The quantitative estimate of drug-likeness (QED) is 0.585. The van der Waals surface area contributed by atoms with E-state index in [1.807, 2.05) is 24.3 Å². The number of aliphatic hydroxyl groups is 1. The lowest BCUT2D eigenvalue weighted by Gasteiger charge is -2.35. The molecule has 2 unspecified atom stereocenters. The Morgan fingerprint density at radius 3 is 2.54 bits per heavy atom. The van der Waals surface area contributed by atoms with Crippen LogP contribution in [-0.4, -0.2) is 65.8 Å². The number of benzene rings is 2. The zero-order valence-electron chi connectivity index (χ0n) is 19.3. The van der Waals surface area contributed by atoms with E-state index in [0.29, 0.717) is 26.2 Å². The van der Waals surface area contributed by atoms with Gasteiger partial charge in [0.2, 0.25) is 0 Å². The van der Waals surface area contributed by atoms with Crippen molar-refractivity contribution in [3.8, 4) is 0 Å². The first-order valence-corrected chi connectivity index (χ1v) is 12.0. The maximum absolute atomic E-state index is 13.9. The number of ether oxygens (including phenoxy) is 1. The van der Waals surface area contributed by atoms with Crippen LogP contribution < -0.4 is 10.6 Å². The van der Waals surface area contributed by atoms with Crippen molar-refractivity contribution < 1.29 is 28.2 Å². The smallest absolute Gasteiger partial charge is 0.264 e. The fourth-order valence-corrected chi connectivity index (χ4v) is 5.37. The minimum Gasteiger partial charge on any atom is -0.390 e. The van der Waals surface area contributed by atoms with Gasteiger partial charge in [0.25, 0.3) is 18.2 Å². The number of hydrogen-bond donors (Lipinski definition) is 3. The van der Waals surface area contributed by atoms with E-state index in [4.69, 9.17) is 4.74 Å². The van der Waals surface area contributed by atoms with Crippen LogP contribution in [0.5, 0.6) is 0 Å². The summed E-state index contributed by atoms with van der Waals surface area (Å²) < 4.78 is 33.3. The molecule has 0 spiro atoms. The molecule has 2 aromatic carbocycles. The summed E-state index contributed by atoms with van der Waals surface area (Å²) >= 11 is 0. The molecule has 4 atom stereocenters. The topological polar surface area (TPSA) is 90.9 Å². The molecule has 3 aliphatic rings. The molecule has 186 valence electrons. The van der Waals surface area contributed by atoms with Crippen LogP contribution in [0, 0.1) is 0 Å². The first kappa shape index (κ1) is 23.8. The van der Waals surface area contributed by atoms with Gasteiger partial charge in [0.1, 0.15) is 0 Å². The summed E-state index contributed by atoms with van der Waals surface area (Å²) in [6, 6.07) is 11.3. The normalized spacial score (nSPS) is 24.2. The molecule has 9 heteroatoms. The van der Waals surface area contributed by atoms with Crippen molar-refractivity contribution in [2.24, 2.45) is 0 Å². The standard InChI is InChI=1S/C26H29F2N3O4/c27-24(28)21-9-16(5-8-20(21)26(34)31-18-6-7-19(31)14-35-13-18)25(33)30-12-23(32)22-10-15-3-1-2-4-17(15)11-29-22/h1-5,8-9,18-19,22-24,29,32H,6-7,10-14H2,(H,30,33)/t18?,19?,22-,23+/m0/s1. The van der Waals surface area contributed by atoms with Crippen molar-refractivity contribution in [1.29, 1.82) is 0 Å². The number of amides is 2. The van der Waals surface area contributed by atoms with E-state index in [9.17, 15) is 23.5 Å². The van der Waals surface area contributed by atoms with Crippen LogP contribution in [-0.2, 0) is 17.7 Å². The highest BCUT2D eigenvalue weighted by molar-refractivity contribution is 5.99. The number of nitrogens with one attached hydrogen (secondary N) is 2.